The number of Topliss-reactive ketones (excluding diaryl/α,β-unsaturated/α-hetero) is 1. The van der Waals surface area contributed by atoms with Crippen LogP contribution < -0.4 is 24.7 Å². The van der Waals surface area contributed by atoms with Gasteiger partial charge >= 0.3 is 0 Å². The molecule has 154 valence electrons. The number of carbonyl (C=O) groups is 1. The van der Waals surface area contributed by atoms with E-state index < -0.39 is 0 Å². The van der Waals surface area contributed by atoms with Crippen molar-refractivity contribution in [2.45, 2.75) is 20.8 Å². The molecule has 0 amide bonds. The minimum atomic E-state index is -0.0910. The Bertz CT molecular complexity index is 933. The van der Waals surface area contributed by atoms with Crippen LogP contribution in [-0.4, -0.2) is 32.7 Å². The van der Waals surface area contributed by atoms with Crippen LogP contribution in [0.3, 0.4) is 0 Å². The number of carbonyl (C=O) groups excluding carboxylic acids is 1. The SMILES string of the molecule is CCOc1ccc(C(=O)/C(=C/c2ccc3c(c2OC)OCCO3)C(C)C)cc1N. The number of anilines is 1. The first-order valence-electron chi connectivity index (χ1n) is 9.71. The fourth-order valence-electron chi connectivity index (χ4n) is 3.23. The van der Waals surface area contributed by atoms with Gasteiger partial charge in [0.2, 0.25) is 5.75 Å². The molecule has 0 aromatic heterocycles. The van der Waals surface area contributed by atoms with Gasteiger partial charge in [-0.3, -0.25) is 4.79 Å². The van der Waals surface area contributed by atoms with Crippen molar-refractivity contribution >= 4 is 17.5 Å². The molecule has 0 unspecified atom stereocenters. The van der Waals surface area contributed by atoms with E-state index in [1.165, 1.54) is 0 Å². The molecular formula is C23H27NO5. The van der Waals surface area contributed by atoms with E-state index in [1.54, 1.807) is 25.3 Å². The lowest BCUT2D eigenvalue weighted by molar-refractivity contribution is 0.102. The molecule has 0 bridgehead atoms. The third kappa shape index (κ3) is 4.31. The molecule has 0 spiro atoms. The molecule has 0 aliphatic carbocycles. The van der Waals surface area contributed by atoms with Crippen molar-refractivity contribution < 1.29 is 23.7 Å². The first-order chi connectivity index (χ1) is 14.0. The van der Waals surface area contributed by atoms with Gasteiger partial charge in [0.05, 0.1) is 19.4 Å². The summed E-state index contributed by atoms with van der Waals surface area (Å²) >= 11 is 0. The number of ketones is 1. The van der Waals surface area contributed by atoms with E-state index in [-0.39, 0.29) is 11.7 Å². The van der Waals surface area contributed by atoms with Crippen molar-refractivity contribution in [2.75, 3.05) is 32.7 Å². The Morgan fingerprint density at radius 1 is 1.21 bits per heavy atom. The third-order valence-electron chi connectivity index (χ3n) is 4.66. The van der Waals surface area contributed by atoms with E-state index in [2.05, 4.69) is 0 Å². The summed E-state index contributed by atoms with van der Waals surface area (Å²) in [6.45, 7) is 7.31. The molecule has 2 aromatic rings. The number of ether oxygens (including phenoxy) is 4. The molecule has 0 fully saturated rings. The van der Waals surface area contributed by atoms with Gasteiger partial charge in [0, 0.05) is 16.7 Å². The summed E-state index contributed by atoms with van der Waals surface area (Å²) in [5.74, 6) is 2.24. The van der Waals surface area contributed by atoms with Crippen LogP contribution in [0.25, 0.3) is 6.08 Å². The highest BCUT2D eigenvalue weighted by Crippen LogP contribution is 2.43. The van der Waals surface area contributed by atoms with E-state index in [0.29, 0.717) is 59.6 Å². The van der Waals surface area contributed by atoms with E-state index in [1.807, 2.05) is 39.0 Å². The largest absolute Gasteiger partial charge is 0.492 e. The van der Waals surface area contributed by atoms with Crippen LogP contribution in [0.2, 0.25) is 0 Å². The maximum Gasteiger partial charge on any atom is 0.204 e. The molecule has 0 saturated carbocycles. The minimum Gasteiger partial charge on any atom is -0.492 e. The summed E-state index contributed by atoms with van der Waals surface area (Å²) in [4.78, 5) is 13.2. The second kappa shape index (κ2) is 8.90. The van der Waals surface area contributed by atoms with E-state index in [4.69, 9.17) is 24.7 Å². The van der Waals surface area contributed by atoms with Crippen LogP contribution in [-0.2, 0) is 0 Å². The molecule has 3 rings (SSSR count). The monoisotopic (exact) mass is 397 g/mol. The molecule has 29 heavy (non-hydrogen) atoms. The van der Waals surface area contributed by atoms with Crippen LogP contribution in [0.5, 0.6) is 23.0 Å². The van der Waals surface area contributed by atoms with Crippen molar-refractivity contribution in [1.82, 2.24) is 0 Å². The summed E-state index contributed by atoms with van der Waals surface area (Å²) < 4.78 is 22.4. The Labute approximate surface area is 171 Å². The molecule has 2 N–H and O–H groups in total. The zero-order valence-electron chi connectivity index (χ0n) is 17.3. The van der Waals surface area contributed by atoms with Gasteiger partial charge in [-0.1, -0.05) is 13.8 Å². The van der Waals surface area contributed by atoms with Crippen molar-refractivity contribution in [3.63, 3.8) is 0 Å². The molecular weight excluding hydrogens is 370 g/mol. The Morgan fingerprint density at radius 2 is 1.97 bits per heavy atom. The lowest BCUT2D eigenvalue weighted by Crippen LogP contribution is -2.16. The third-order valence-corrected chi connectivity index (χ3v) is 4.66. The average molecular weight is 397 g/mol. The summed E-state index contributed by atoms with van der Waals surface area (Å²) in [6.07, 6.45) is 1.84. The number of nitrogens with two attached hydrogens (primary N) is 1. The lowest BCUT2D eigenvalue weighted by atomic mass is 9.92. The molecule has 1 heterocycles. The number of hydrogen-bond acceptors (Lipinski definition) is 6. The fraction of sp³-hybridized carbons (Fsp3) is 0.348. The predicted molar refractivity (Wildman–Crippen MR) is 113 cm³/mol. The zero-order valence-corrected chi connectivity index (χ0v) is 17.3. The van der Waals surface area contributed by atoms with Crippen molar-refractivity contribution in [3.8, 4) is 23.0 Å². The number of methoxy groups -OCH3 is 1. The van der Waals surface area contributed by atoms with Gasteiger partial charge < -0.3 is 24.7 Å². The van der Waals surface area contributed by atoms with E-state index in [9.17, 15) is 4.79 Å². The minimum absolute atomic E-state index is 0.00630. The van der Waals surface area contributed by atoms with Crippen molar-refractivity contribution in [3.05, 3.63) is 47.0 Å². The Balaban J connectivity index is 2.01. The summed E-state index contributed by atoms with van der Waals surface area (Å²) in [6, 6.07) is 8.83. The second-order valence-electron chi connectivity index (χ2n) is 6.98. The molecule has 1 aliphatic heterocycles. The Kier molecular flexibility index (Phi) is 6.32. The quantitative estimate of drug-likeness (QED) is 0.425. The zero-order chi connectivity index (χ0) is 21.0. The molecule has 1 aliphatic rings. The summed E-state index contributed by atoms with van der Waals surface area (Å²) in [5.41, 5.74) is 8.41. The molecule has 6 heteroatoms. The van der Waals surface area contributed by atoms with Gasteiger partial charge in [-0.2, -0.15) is 0 Å². The number of hydrogen-bond donors (Lipinski definition) is 1. The van der Waals surface area contributed by atoms with Gasteiger partial charge in [0.25, 0.3) is 0 Å². The Hall–Kier alpha value is -3.15. The van der Waals surface area contributed by atoms with Gasteiger partial charge in [0.1, 0.15) is 19.0 Å². The van der Waals surface area contributed by atoms with Gasteiger partial charge in [0.15, 0.2) is 17.3 Å². The predicted octanol–water partition coefficient (Wildman–Crippen LogP) is 4.37. The van der Waals surface area contributed by atoms with E-state index >= 15 is 0 Å². The van der Waals surface area contributed by atoms with Gasteiger partial charge in [-0.15, -0.1) is 0 Å². The molecule has 6 nitrogen and oxygen atoms in total. The number of nitrogen functional groups attached to an aromatic ring is 1. The highest BCUT2D eigenvalue weighted by atomic mass is 16.6. The van der Waals surface area contributed by atoms with Crippen molar-refractivity contribution in [2.24, 2.45) is 5.92 Å². The van der Waals surface area contributed by atoms with E-state index in [0.717, 1.165) is 5.56 Å². The van der Waals surface area contributed by atoms with Crippen LogP contribution >= 0.6 is 0 Å². The highest BCUT2D eigenvalue weighted by molar-refractivity contribution is 6.12. The smallest absolute Gasteiger partial charge is 0.204 e. The first kappa shape index (κ1) is 20.6. The second-order valence-corrected chi connectivity index (χ2v) is 6.98. The van der Waals surface area contributed by atoms with Crippen molar-refractivity contribution in [1.29, 1.82) is 0 Å². The average Bonchev–Trinajstić information content (AvgIpc) is 2.72. The van der Waals surface area contributed by atoms with Gasteiger partial charge in [-0.25, -0.2) is 0 Å². The maximum atomic E-state index is 13.2. The van der Waals surface area contributed by atoms with Crippen LogP contribution in [0.4, 0.5) is 5.69 Å². The van der Waals surface area contributed by atoms with Crippen LogP contribution in [0.15, 0.2) is 35.9 Å². The molecule has 0 atom stereocenters. The normalized spacial score (nSPS) is 13.3. The molecule has 0 radical (unpaired) electrons. The number of rotatable bonds is 7. The lowest BCUT2D eigenvalue weighted by Gasteiger charge is -2.22. The summed E-state index contributed by atoms with van der Waals surface area (Å²) in [7, 11) is 1.58. The topological polar surface area (TPSA) is 80.0 Å². The number of benzene rings is 2. The highest BCUT2D eigenvalue weighted by Gasteiger charge is 2.22. The molecule has 0 saturated heterocycles. The summed E-state index contributed by atoms with van der Waals surface area (Å²) in [5, 5.41) is 0. The standard InChI is InChI=1S/C23H27NO5/c1-5-27-19-8-6-15(13-18(19)24)21(25)17(14(2)3)12-16-7-9-20-23(22(16)26-4)29-11-10-28-20/h6-9,12-14H,5,10-11,24H2,1-4H3/b17-12+. The van der Waals surface area contributed by atoms with Crippen LogP contribution in [0.1, 0.15) is 36.7 Å². The number of fused-ring (bicyclic) bond motifs is 1. The Morgan fingerprint density at radius 3 is 2.62 bits per heavy atom. The number of allylic oxidation sites excluding steroid dienone is 1. The fourth-order valence-corrected chi connectivity index (χ4v) is 3.23. The van der Waals surface area contributed by atoms with Crippen LogP contribution in [0, 0.1) is 5.92 Å². The maximum absolute atomic E-state index is 13.2. The van der Waals surface area contributed by atoms with Gasteiger partial charge in [-0.05, 0) is 49.2 Å². The molecule has 2 aromatic carbocycles. The first-order valence-corrected chi connectivity index (χ1v) is 9.71.